The molecule has 0 atom stereocenters. The Bertz CT molecular complexity index is 493. The summed E-state index contributed by atoms with van der Waals surface area (Å²) in [4.78, 5) is 12.6. The quantitative estimate of drug-likeness (QED) is 0.722. The Morgan fingerprint density at radius 1 is 1.21 bits per heavy atom. The number of hydrogen-bond acceptors (Lipinski definition) is 6. The highest BCUT2D eigenvalue weighted by Crippen LogP contribution is 2.15. The van der Waals surface area contributed by atoms with Crippen LogP contribution in [0.2, 0.25) is 0 Å². The molecule has 6 nitrogen and oxygen atoms in total. The number of nitrogens with zero attached hydrogens (tertiary/aromatic N) is 3. The van der Waals surface area contributed by atoms with Crippen molar-refractivity contribution in [3.63, 3.8) is 0 Å². The molecule has 0 aromatic carbocycles. The maximum absolute atomic E-state index is 8.57. The van der Waals surface area contributed by atoms with Gasteiger partial charge in [0.05, 0.1) is 25.5 Å². The summed E-state index contributed by atoms with van der Waals surface area (Å²) in [5.41, 5.74) is 1.77. The molecule has 0 saturated carbocycles. The van der Waals surface area contributed by atoms with Gasteiger partial charge in [-0.2, -0.15) is 0 Å². The van der Waals surface area contributed by atoms with Gasteiger partial charge in [0.25, 0.3) is 0 Å². The fourth-order valence-electron chi connectivity index (χ4n) is 1.52. The van der Waals surface area contributed by atoms with E-state index in [1.165, 1.54) is 0 Å². The smallest absolute Gasteiger partial charge is 0.223 e. The summed E-state index contributed by atoms with van der Waals surface area (Å²) in [5.74, 6) is 0.550. The summed E-state index contributed by atoms with van der Waals surface area (Å²) in [5, 5.41) is 11.6. The molecule has 0 fully saturated rings. The average molecular weight is 260 g/mol. The highest BCUT2D eigenvalue weighted by Gasteiger charge is 2.01. The molecule has 2 heterocycles. The standard InChI is InChI=1S/C13H16N4O2/c18-7-9-19-8-6-16-13-15-5-3-12(17-13)11-2-1-4-14-10-11/h1-5,10,18H,6-9H2,(H,15,16,17). The normalized spacial score (nSPS) is 10.4. The van der Waals surface area contributed by atoms with Crippen LogP contribution in [0.4, 0.5) is 5.95 Å². The third-order valence-electron chi connectivity index (χ3n) is 2.38. The molecule has 0 amide bonds. The number of nitrogens with one attached hydrogen (secondary N) is 1. The lowest BCUT2D eigenvalue weighted by Gasteiger charge is -2.06. The van der Waals surface area contributed by atoms with Crippen molar-refractivity contribution in [1.29, 1.82) is 0 Å². The molecule has 19 heavy (non-hydrogen) atoms. The molecule has 0 spiro atoms. The summed E-state index contributed by atoms with van der Waals surface area (Å²) in [7, 11) is 0. The van der Waals surface area contributed by atoms with Crippen LogP contribution >= 0.6 is 0 Å². The number of pyridine rings is 1. The second-order valence-corrected chi connectivity index (χ2v) is 3.77. The van der Waals surface area contributed by atoms with Gasteiger partial charge in [-0.3, -0.25) is 4.98 Å². The van der Waals surface area contributed by atoms with Crippen LogP contribution in [-0.4, -0.2) is 46.4 Å². The Balaban J connectivity index is 1.92. The van der Waals surface area contributed by atoms with E-state index in [1.807, 2.05) is 18.2 Å². The minimum atomic E-state index is 0.0347. The van der Waals surface area contributed by atoms with Crippen LogP contribution in [0.3, 0.4) is 0 Å². The van der Waals surface area contributed by atoms with Crippen LogP contribution in [-0.2, 0) is 4.74 Å². The molecule has 6 heteroatoms. The van der Waals surface area contributed by atoms with E-state index in [-0.39, 0.29) is 6.61 Å². The van der Waals surface area contributed by atoms with Crippen molar-refractivity contribution in [3.8, 4) is 11.3 Å². The van der Waals surface area contributed by atoms with Crippen LogP contribution in [0.5, 0.6) is 0 Å². The lowest BCUT2D eigenvalue weighted by atomic mass is 10.2. The van der Waals surface area contributed by atoms with Crippen molar-refractivity contribution in [2.24, 2.45) is 0 Å². The molecule has 0 aliphatic rings. The lowest BCUT2D eigenvalue weighted by molar-refractivity contribution is 0.0991. The molecule has 2 aromatic rings. The lowest BCUT2D eigenvalue weighted by Crippen LogP contribution is -2.13. The number of rotatable bonds is 7. The fourth-order valence-corrected chi connectivity index (χ4v) is 1.52. The molecule has 0 aliphatic heterocycles. The Kier molecular flexibility index (Phi) is 5.21. The zero-order chi connectivity index (χ0) is 13.3. The van der Waals surface area contributed by atoms with Crippen molar-refractivity contribution in [1.82, 2.24) is 15.0 Å². The molecule has 2 aromatic heterocycles. The van der Waals surface area contributed by atoms with Gasteiger partial charge in [0.1, 0.15) is 0 Å². The van der Waals surface area contributed by atoms with Gasteiger partial charge in [-0.1, -0.05) is 0 Å². The second kappa shape index (κ2) is 7.40. The minimum absolute atomic E-state index is 0.0347. The molecular weight excluding hydrogens is 244 g/mol. The number of hydrogen-bond donors (Lipinski definition) is 2. The predicted molar refractivity (Wildman–Crippen MR) is 71.7 cm³/mol. The molecule has 2 rings (SSSR count). The van der Waals surface area contributed by atoms with Crippen molar-refractivity contribution in [3.05, 3.63) is 36.8 Å². The fraction of sp³-hybridized carbons (Fsp3) is 0.308. The van der Waals surface area contributed by atoms with E-state index in [1.54, 1.807) is 18.6 Å². The van der Waals surface area contributed by atoms with E-state index in [0.29, 0.717) is 25.7 Å². The summed E-state index contributed by atoms with van der Waals surface area (Å²) < 4.78 is 5.14. The molecule has 2 N–H and O–H groups in total. The number of ether oxygens (including phenoxy) is 1. The van der Waals surface area contributed by atoms with Gasteiger partial charge in [0, 0.05) is 30.7 Å². The maximum Gasteiger partial charge on any atom is 0.223 e. The van der Waals surface area contributed by atoms with Crippen LogP contribution in [0.25, 0.3) is 11.3 Å². The Hall–Kier alpha value is -2.05. The van der Waals surface area contributed by atoms with Gasteiger partial charge >= 0.3 is 0 Å². The first-order valence-electron chi connectivity index (χ1n) is 6.06. The Morgan fingerprint density at radius 3 is 2.95 bits per heavy atom. The van der Waals surface area contributed by atoms with Gasteiger partial charge in [-0.25, -0.2) is 9.97 Å². The van der Waals surface area contributed by atoms with Crippen molar-refractivity contribution in [2.75, 3.05) is 31.7 Å². The first kappa shape index (κ1) is 13.4. The molecule has 0 aliphatic carbocycles. The van der Waals surface area contributed by atoms with Crippen LogP contribution in [0.1, 0.15) is 0 Å². The Labute approximate surface area is 111 Å². The van der Waals surface area contributed by atoms with Gasteiger partial charge in [-0.15, -0.1) is 0 Å². The van der Waals surface area contributed by atoms with E-state index in [0.717, 1.165) is 11.3 Å². The highest BCUT2D eigenvalue weighted by molar-refractivity contribution is 5.58. The van der Waals surface area contributed by atoms with Gasteiger partial charge in [-0.05, 0) is 18.2 Å². The summed E-state index contributed by atoms with van der Waals surface area (Å²) in [6.45, 7) is 1.47. The largest absolute Gasteiger partial charge is 0.394 e. The Morgan fingerprint density at radius 2 is 2.16 bits per heavy atom. The first-order valence-corrected chi connectivity index (χ1v) is 6.06. The SMILES string of the molecule is OCCOCCNc1nccc(-c2cccnc2)n1. The number of aromatic nitrogens is 3. The third-order valence-corrected chi connectivity index (χ3v) is 2.38. The molecule has 0 radical (unpaired) electrons. The van der Waals surface area contributed by atoms with E-state index in [9.17, 15) is 0 Å². The molecule has 0 unspecified atom stereocenters. The van der Waals surface area contributed by atoms with Crippen LogP contribution < -0.4 is 5.32 Å². The minimum Gasteiger partial charge on any atom is -0.394 e. The molecule has 100 valence electrons. The third kappa shape index (κ3) is 4.27. The van der Waals surface area contributed by atoms with E-state index < -0.39 is 0 Å². The van der Waals surface area contributed by atoms with Crippen LogP contribution in [0, 0.1) is 0 Å². The monoisotopic (exact) mass is 260 g/mol. The van der Waals surface area contributed by atoms with Crippen molar-refractivity contribution >= 4 is 5.95 Å². The number of aliphatic hydroxyl groups excluding tert-OH is 1. The number of anilines is 1. The maximum atomic E-state index is 8.57. The van der Waals surface area contributed by atoms with Gasteiger partial charge in [0.2, 0.25) is 5.95 Å². The van der Waals surface area contributed by atoms with Crippen LogP contribution in [0.15, 0.2) is 36.8 Å². The van der Waals surface area contributed by atoms with Gasteiger partial charge in [0.15, 0.2) is 0 Å². The molecular formula is C13H16N4O2. The first-order chi connectivity index (χ1) is 9.40. The van der Waals surface area contributed by atoms with E-state index in [2.05, 4.69) is 20.3 Å². The van der Waals surface area contributed by atoms with Gasteiger partial charge < -0.3 is 15.2 Å². The molecule has 0 saturated heterocycles. The van der Waals surface area contributed by atoms with E-state index >= 15 is 0 Å². The molecule has 0 bridgehead atoms. The average Bonchev–Trinajstić information content (AvgIpc) is 2.48. The highest BCUT2D eigenvalue weighted by atomic mass is 16.5. The van der Waals surface area contributed by atoms with Crippen molar-refractivity contribution < 1.29 is 9.84 Å². The zero-order valence-electron chi connectivity index (χ0n) is 10.5. The topological polar surface area (TPSA) is 80.2 Å². The van der Waals surface area contributed by atoms with Crippen molar-refractivity contribution in [2.45, 2.75) is 0 Å². The summed E-state index contributed by atoms with van der Waals surface area (Å²) in [6, 6.07) is 5.65. The zero-order valence-corrected chi connectivity index (χ0v) is 10.5. The second-order valence-electron chi connectivity index (χ2n) is 3.77. The van der Waals surface area contributed by atoms with E-state index in [4.69, 9.17) is 9.84 Å². The summed E-state index contributed by atoms with van der Waals surface area (Å²) >= 11 is 0. The summed E-state index contributed by atoms with van der Waals surface area (Å²) in [6.07, 6.45) is 5.19. The predicted octanol–water partition coefficient (Wildman–Crippen LogP) is 0.959. The number of aliphatic hydroxyl groups is 1.